The van der Waals surface area contributed by atoms with Gasteiger partial charge in [0, 0.05) is 18.0 Å². The van der Waals surface area contributed by atoms with Gasteiger partial charge in [0.05, 0.1) is 5.57 Å². The second-order valence-corrected chi connectivity index (χ2v) is 10.1. The summed E-state index contributed by atoms with van der Waals surface area (Å²) in [6.45, 7) is 7.17. The lowest BCUT2D eigenvalue weighted by Gasteiger charge is -2.20. The zero-order valence-electron chi connectivity index (χ0n) is 21.3. The Morgan fingerprint density at radius 1 is 1.08 bits per heavy atom. The second-order valence-electron chi connectivity index (χ2n) is 9.13. The van der Waals surface area contributed by atoms with Gasteiger partial charge in [-0.15, -0.1) is 0 Å². The molecule has 38 heavy (non-hydrogen) atoms. The number of amides is 1. The average molecular weight is 526 g/mol. The van der Waals surface area contributed by atoms with Gasteiger partial charge in [0.1, 0.15) is 29.8 Å². The van der Waals surface area contributed by atoms with Gasteiger partial charge >= 0.3 is 0 Å². The lowest BCUT2D eigenvalue weighted by molar-refractivity contribution is -0.114. The lowest BCUT2D eigenvalue weighted by Crippen LogP contribution is -2.35. The highest BCUT2D eigenvalue weighted by Crippen LogP contribution is 2.31. The number of fused-ring (bicyclic) bond motifs is 1. The second kappa shape index (κ2) is 11.0. The van der Waals surface area contributed by atoms with Crippen molar-refractivity contribution in [2.45, 2.75) is 26.7 Å². The molecule has 1 aromatic heterocycles. The molecule has 5 rings (SSSR count). The first kappa shape index (κ1) is 25.4. The van der Waals surface area contributed by atoms with Crippen molar-refractivity contribution in [3.8, 4) is 11.5 Å². The zero-order chi connectivity index (χ0) is 26.6. The molecule has 0 saturated carbocycles. The number of aliphatic imine (C=N–C) groups is 1. The maximum Gasteiger partial charge on any atom is 0.283 e. The fraction of sp³-hybridized carbons (Fsp3) is 0.207. The molecule has 2 aliphatic heterocycles. The van der Waals surface area contributed by atoms with Crippen LogP contribution in [0.3, 0.4) is 0 Å². The number of aromatic nitrogens is 1. The van der Waals surface area contributed by atoms with Crippen LogP contribution in [0.4, 0.5) is 0 Å². The van der Waals surface area contributed by atoms with Crippen LogP contribution in [0.1, 0.15) is 42.0 Å². The van der Waals surface area contributed by atoms with Gasteiger partial charge in [0.15, 0.2) is 5.84 Å². The van der Waals surface area contributed by atoms with Crippen LogP contribution in [-0.2, 0) is 4.79 Å². The molecule has 0 bridgehead atoms. The molecule has 0 fully saturated rings. The Balaban J connectivity index is 1.21. The van der Waals surface area contributed by atoms with Crippen LogP contribution in [0, 0.1) is 12.3 Å². The minimum atomic E-state index is -0.467. The van der Waals surface area contributed by atoms with Crippen LogP contribution < -0.4 is 9.47 Å². The van der Waals surface area contributed by atoms with Crippen LogP contribution >= 0.6 is 11.8 Å². The quantitative estimate of drug-likeness (QED) is 0.302. The molecule has 2 aromatic carbocycles. The Bertz CT molecular complexity index is 1460. The van der Waals surface area contributed by atoms with E-state index in [9.17, 15) is 4.79 Å². The number of hydrogen-bond donors (Lipinski definition) is 1. The maximum absolute atomic E-state index is 12.7. The van der Waals surface area contributed by atoms with E-state index in [1.54, 1.807) is 18.5 Å². The van der Waals surface area contributed by atoms with E-state index in [2.05, 4.69) is 54.0 Å². The predicted octanol–water partition coefficient (Wildman–Crippen LogP) is 5.64. The number of hydrazone groups is 1. The number of carbonyl (C=O) groups excluding carboxylic acids is 1. The van der Waals surface area contributed by atoms with Gasteiger partial charge in [0.2, 0.25) is 5.17 Å². The highest BCUT2D eigenvalue weighted by molar-refractivity contribution is 8.27. The molecule has 3 heterocycles. The van der Waals surface area contributed by atoms with Gasteiger partial charge in [-0.05, 0) is 77.7 Å². The number of pyridine rings is 1. The van der Waals surface area contributed by atoms with Crippen LogP contribution in [0.2, 0.25) is 0 Å². The van der Waals surface area contributed by atoms with Gasteiger partial charge < -0.3 is 9.47 Å². The van der Waals surface area contributed by atoms with Gasteiger partial charge in [-0.3, -0.25) is 15.2 Å². The number of hydrogen-bond acceptors (Lipinski definition) is 7. The summed E-state index contributed by atoms with van der Waals surface area (Å²) in [4.78, 5) is 21.0. The van der Waals surface area contributed by atoms with Crippen molar-refractivity contribution in [2.75, 3.05) is 13.2 Å². The van der Waals surface area contributed by atoms with E-state index in [1.807, 2.05) is 36.4 Å². The normalized spacial score (nSPS) is 16.0. The maximum atomic E-state index is 12.7. The number of amidine groups is 2. The fourth-order valence-corrected chi connectivity index (χ4v) is 4.86. The third-order valence-electron chi connectivity index (χ3n) is 5.95. The molecule has 0 saturated heterocycles. The molecule has 1 N–H and O–H groups in total. The van der Waals surface area contributed by atoms with Crippen LogP contribution in [0.25, 0.3) is 6.08 Å². The number of aryl methyl sites for hydroxylation is 1. The van der Waals surface area contributed by atoms with E-state index in [4.69, 9.17) is 14.9 Å². The zero-order valence-corrected chi connectivity index (χ0v) is 22.2. The molecule has 0 unspecified atom stereocenters. The smallest absolute Gasteiger partial charge is 0.283 e. The highest BCUT2D eigenvalue weighted by Gasteiger charge is 2.36. The van der Waals surface area contributed by atoms with E-state index >= 15 is 0 Å². The molecule has 0 spiro atoms. The first-order valence-corrected chi connectivity index (χ1v) is 13.1. The van der Waals surface area contributed by atoms with Gasteiger partial charge in [0.25, 0.3) is 5.91 Å². The Hall–Kier alpha value is -4.24. The Morgan fingerprint density at radius 2 is 1.87 bits per heavy atom. The first-order valence-electron chi connectivity index (χ1n) is 12.3. The van der Waals surface area contributed by atoms with E-state index in [1.165, 1.54) is 22.3 Å². The van der Waals surface area contributed by atoms with Crippen molar-refractivity contribution in [1.82, 2.24) is 9.99 Å². The summed E-state index contributed by atoms with van der Waals surface area (Å²) in [7, 11) is 0. The predicted molar refractivity (Wildman–Crippen MR) is 151 cm³/mol. The van der Waals surface area contributed by atoms with E-state index in [-0.39, 0.29) is 11.4 Å². The highest BCUT2D eigenvalue weighted by atomic mass is 32.2. The molecule has 8 nitrogen and oxygen atoms in total. The molecule has 9 heteroatoms. The van der Waals surface area contributed by atoms with Crippen LogP contribution in [-0.4, -0.2) is 45.2 Å². The number of nitrogens with zero attached hydrogens (tertiary/aromatic N) is 4. The van der Waals surface area contributed by atoms with Gasteiger partial charge in [-0.25, -0.2) is 0 Å². The molecule has 0 radical (unpaired) electrons. The summed E-state index contributed by atoms with van der Waals surface area (Å²) < 4.78 is 11.8. The lowest BCUT2D eigenvalue weighted by atomic mass is 10.0. The first-order chi connectivity index (χ1) is 18.4. The van der Waals surface area contributed by atoms with E-state index < -0.39 is 5.91 Å². The minimum Gasteiger partial charge on any atom is -0.490 e. The molecule has 0 aliphatic carbocycles. The molecule has 3 aromatic rings. The van der Waals surface area contributed by atoms with Crippen LogP contribution in [0.5, 0.6) is 11.5 Å². The Labute approximate surface area is 225 Å². The van der Waals surface area contributed by atoms with Crippen molar-refractivity contribution < 1.29 is 14.3 Å². The SMILES string of the molecule is Cc1ccc(C(C)C)c(OCCOc2ccc(/C=C3/C(=N)N4N=C(c5cccnc5)SC4=NC3=O)cc2)c1. The third-order valence-corrected chi connectivity index (χ3v) is 6.91. The Morgan fingerprint density at radius 3 is 2.61 bits per heavy atom. The van der Waals surface area contributed by atoms with Gasteiger partial charge in [-0.1, -0.05) is 38.1 Å². The molecule has 192 valence electrons. The summed E-state index contributed by atoms with van der Waals surface area (Å²) in [5.74, 6) is 1.48. The summed E-state index contributed by atoms with van der Waals surface area (Å²) in [6.07, 6.45) is 5.01. The molecule has 2 aliphatic rings. The fourth-order valence-electron chi connectivity index (χ4n) is 3.98. The minimum absolute atomic E-state index is 0.0132. The van der Waals surface area contributed by atoms with Crippen molar-refractivity contribution in [2.24, 2.45) is 10.1 Å². The number of benzene rings is 2. The van der Waals surface area contributed by atoms with Crippen molar-refractivity contribution in [1.29, 1.82) is 5.41 Å². The number of rotatable bonds is 8. The Kier molecular flexibility index (Phi) is 7.37. The molecule has 1 amide bonds. The average Bonchev–Trinajstić information content (AvgIpc) is 3.34. The monoisotopic (exact) mass is 525 g/mol. The standard InChI is InChI=1S/C29H27N5O3S/c1-18(2)23-11-6-19(3)15-25(23)37-14-13-36-22-9-7-20(8-10-22)16-24-26(30)34-29(32-27(24)35)38-28(33-34)21-5-4-12-31-17-21/h4-12,15-18,30H,13-14H2,1-3H3/b24-16-,30-26?. The van der Waals surface area contributed by atoms with E-state index in [0.29, 0.717) is 35.1 Å². The summed E-state index contributed by atoms with van der Waals surface area (Å²) in [5.41, 5.74) is 4.07. The summed E-state index contributed by atoms with van der Waals surface area (Å²) in [5, 5.41) is 15.4. The molecule has 0 atom stereocenters. The summed E-state index contributed by atoms with van der Waals surface area (Å²) in [6, 6.07) is 17.3. The number of carbonyl (C=O) groups is 1. The third kappa shape index (κ3) is 5.52. The molecular weight excluding hydrogens is 498 g/mol. The van der Waals surface area contributed by atoms with Crippen molar-refractivity contribution >= 4 is 39.8 Å². The van der Waals surface area contributed by atoms with Crippen molar-refractivity contribution in [3.63, 3.8) is 0 Å². The largest absolute Gasteiger partial charge is 0.490 e. The van der Waals surface area contributed by atoms with Crippen LogP contribution in [0.15, 0.2) is 82.7 Å². The van der Waals surface area contributed by atoms with Gasteiger partial charge in [-0.2, -0.15) is 15.1 Å². The van der Waals surface area contributed by atoms with E-state index in [0.717, 1.165) is 22.4 Å². The molecular formula is C29H27N5O3S. The van der Waals surface area contributed by atoms with Crippen molar-refractivity contribution in [3.05, 3.63) is 94.8 Å². The number of ether oxygens (including phenoxy) is 2. The number of nitrogens with one attached hydrogen (secondary N) is 1. The topological polar surface area (TPSA) is 100 Å². The number of thioether (sulfide) groups is 1. The summed E-state index contributed by atoms with van der Waals surface area (Å²) >= 11 is 1.25.